The van der Waals surface area contributed by atoms with Crippen molar-refractivity contribution in [3.8, 4) is 5.75 Å². The van der Waals surface area contributed by atoms with Gasteiger partial charge in [-0.1, -0.05) is 36.4 Å². The maximum Gasteiger partial charge on any atom is 0.134 e. The summed E-state index contributed by atoms with van der Waals surface area (Å²) in [5.41, 5.74) is 1.23. The molecule has 0 saturated heterocycles. The van der Waals surface area contributed by atoms with Gasteiger partial charge in [0.1, 0.15) is 11.6 Å². The molecule has 3 heteroatoms. The Kier molecular flexibility index (Phi) is 3.50. The number of anilines is 1. The van der Waals surface area contributed by atoms with Gasteiger partial charge in [-0.25, -0.2) is 4.98 Å². The van der Waals surface area contributed by atoms with Crippen LogP contribution in [0.4, 0.5) is 5.82 Å². The zero-order chi connectivity index (χ0) is 13.8. The Hall–Kier alpha value is -2.55. The average molecular weight is 264 g/mol. The number of benzene rings is 2. The second-order valence-corrected chi connectivity index (χ2v) is 4.59. The van der Waals surface area contributed by atoms with E-state index in [0.717, 1.165) is 28.9 Å². The third kappa shape index (κ3) is 2.57. The van der Waals surface area contributed by atoms with Crippen molar-refractivity contribution in [3.05, 3.63) is 66.4 Å². The highest BCUT2D eigenvalue weighted by Crippen LogP contribution is 2.25. The van der Waals surface area contributed by atoms with Gasteiger partial charge in [0.25, 0.3) is 0 Å². The van der Waals surface area contributed by atoms with Gasteiger partial charge in [-0.15, -0.1) is 0 Å². The van der Waals surface area contributed by atoms with Gasteiger partial charge in [-0.2, -0.15) is 0 Å². The minimum Gasteiger partial charge on any atom is -0.497 e. The minimum atomic E-state index is 0.754. The topological polar surface area (TPSA) is 34.1 Å². The van der Waals surface area contributed by atoms with Crippen LogP contribution in [0.25, 0.3) is 10.8 Å². The van der Waals surface area contributed by atoms with Gasteiger partial charge >= 0.3 is 0 Å². The van der Waals surface area contributed by atoms with Crippen molar-refractivity contribution in [1.29, 1.82) is 0 Å². The zero-order valence-electron chi connectivity index (χ0n) is 11.3. The maximum atomic E-state index is 5.28. The molecule has 1 N–H and O–H groups in total. The van der Waals surface area contributed by atoms with Crippen molar-refractivity contribution in [3.63, 3.8) is 0 Å². The van der Waals surface area contributed by atoms with Gasteiger partial charge in [-0.3, -0.25) is 0 Å². The van der Waals surface area contributed by atoms with E-state index in [1.165, 1.54) is 5.56 Å². The van der Waals surface area contributed by atoms with Crippen LogP contribution in [0.15, 0.2) is 60.8 Å². The second-order valence-electron chi connectivity index (χ2n) is 4.59. The van der Waals surface area contributed by atoms with Crippen LogP contribution in [-0.4, -0.2) is 12.1 Å². The summed E-state index contributed by atoms with van der Waals surface area (Å²) in [6.45, 7) is 0.754. The number of pyridine rings is 1. The number of rotatable bonds is 4. The largest absolute Gasteiger partial charge is 0.497 e. The molecule has 0 atom stereocenters. The number of nitrogens with zero attached hydrogens (tertiary/aromatic N) is 1. The highest BCUT2D eigenvalue weighted by molar-refractivity contribution is 5.92. The Bertz CT molecular complexity index is 711. The number of ether oxygens (including phenoxy) is 1. The second kappa shape index (κ2) is 5.61. The molecule has 1 aromatic heterocycles. The fraction of sp³-hybridized carbons (Fsp3) is 0.118. The maximum absolute atomic E-state index is 5.28. The van der Waals surface area contributed by atoms with Crippen LogP contribution in [0.3, 0.4) is 0 Å². The van der Waals surface area contributed by atoms with Crippen LogP contribution in [0.1, 0.15) is 5.56 Å². The third-order valence-electron chi connectivity index (χ3n) is 3.28. The Morgan fingerprint density at radius 3 is 2.70 bits per heavy atom. The molecule has 100 valence electrons. The smallest absolute Gasteiger partial charge is 0.134 e. The first kappa shape index (κ1) is 12.5. The van der Waals surface area contributed by atoms with E-state index in [4.69, 9.17) is 4.74 Å². The van der Waals surface area contributed by atoms with Crippen molar-refractivity contribution in [1.82, 2.24) is 4.98 Å². The first-order chi connectivity index (χ1) is 9.86. The molecule has 20 heavy (non-hydrogen) atoms. The SMILES string of the molecule is COc1ccc2ccnc(NCc3ccccc3)c2c1. The molecule has 0 spiro atoms. The summed E-state index contributed by atoms with van der Waals surface area (Å²) in [5.74, 6) is 1.72. The quantitative estimate of drug-likeness (QED) is 0.777. The number of methoxy groups -OCH3 is 1. The summed E-state index contributed by atoms with van der Waals surface area (Å²) in [7, 11) is 1.68. The van der Waals surface area contributed by atoms with Crippen LogP contribution in [0, 0.1) is 0 Å². The molecule has 0 aliphatic heterocycles. The summed E-state index contributed by atoms with van der Waals surface area (Å²) in [5, 5.41) is 5.61. The van der Waals surface area contributed by atoms with Crippen molar-refractivity contribution in [2.45, 2.75) is 6.54 Å². The van der Waals surface area contributed by atoms with Crippen LogP contribution in [0.2, 0.25) is 0 Å². The summed E-state index contributed by atoms with van der Waals surface area (Å²) in [6, 6.07) is 18.3. The zero-order valence-corrected chi connectivity index (χ0v) is 11.3. The molecule has 0 radical (unpaired) electrons. The van der Waals surface area contributed by atoms with E-state index in [0.29, 0.717) is 0 Å². The molecule has 0 saturated carbocycles. The number of fused-ring (bicyclic) bond motifs is 1. The predicted octanol–water partition coefficient (Wildman–Crippen LogP) is 3.86. The van der Waals surface area contributed by atoms with Crippen molar-refractivity contribution >= 4 is 16.6 Å². The molecular formula is C17H16N2O. The molecule has 0 aliphatic carbocycles. The Morgan fingerprint density at radius 1 is 1.05 bits per heavy atom. The Balaban J connectivity index is 1.90. The number of nitrogens with one attached hydrogen (secondary N) is 1. The molecule has 0 bridgehead atoms. The van der Waals surface area contributed by atoms with E-state index in [-0.39, 0.29) is 0 Å². The van der Waals surface area contributed by atoms with Crippen molar-refractivity contribution < 1.29 is 4.74 Å². The Labute approximate surface area is 118 Å². The highest BCUT2D eigenvalue weighted by atomic mass is 16.5. The standard InChI is InChI=1S/C17H16N2O/c1-20-15-8-7-14-9-10-18-17(16(14)11-15)19-12-13-5-3-2-4-6-13/h2-11H,12H2,1H3,(H,18,19). The first-order valence-corrected chi connectivity index (χ1v) is 6.57. The molecule has 0 aliphatic rings. The van der Waals surface area contributed by atoms with Crippen LogP contribution in [0.5, 0.6) is 5.75 Å². The molecule has 1 heterocycles. The van der Waals surface area contributed by atoms with Gasteiger partial charge in [0.15, 0.2) is 0 Å². The van der Waals surface area contributed by atoms with Gasteiger partial charge in [0.2, 0.25) is 0 Å². The molecule has 3 aromatic rings. The van der Waals surface area contributed by atoms with Gasteiger partial charge in [0.05, 0.1) is 7.11 Å². The monoisotopic (exact) mass is 264 g/mol. The first-order valence-electron chi connectivity index (χ1n) is 6.57. The van der Waals surface area contributed by atoms with E-state index < -0.39 is 0 Å². The Morgan fingerprint density at radius 2 is 1.90 bits per heavy atom. The van der Waals surface area contributed by atoms with E-state index in [1.807, 2.05) is 48.7 Å². The minimum absolute atomic E-state index is 0.754. The van der Waals surface area contributed by atoms with E-state index in [2.05, 4.69) is 22.4 Å². The van der Waals surface area contributed by atoms with Crippen LogP contribution >= 0.6 is 0 Å². The summed E-state index contributed by atoms with van der Waals surface area (Å²) in [6.07, 6.45) is 1.82. The lowest BCUT2D eigenvalue weighted by atomic mass is 10.1. The van der Waals surface area contributed by atoms with E-state index in [1.54, 1.807) is 7.11 Å². The lowest BCUT2D eigenvalue weighted by molar-refractivity contribution is 0.415. The van der Waals surface area contributed by atoms with Crippen molar-refractivity contribution in [2.24, 2.45) is 0 Å². The molecule has 2 aromatic carbocycles. The summed E-state index contributed by atoms with van der Waals surface area (Å²) >= 11 is 0. The lowest BCUT2D eigenvalue weighted by Crippen LogP contribution is -2.01. The van der Waals surface area contributed by atoms with E-state index >= 15 is 0 Å². The van der Waals surface area contributed by atoms with E-state index in [9.17, 15) is 0 Å². The van der Waals surface area contributed by atoms with Crippen LogP contribution in [-0.2, 0) is 6.54 Å². The van der Waals surface area contributed by atoms with Crippen LogP contribution < -0.4 is 10.1 Å². The van der Waals surface area contributed by atoms with Gasteiger partial charge < -0.3 is 10.1 Å². The number of hydrogen-bond acceptors (Lipinski definition) is 3. The molecular weight excluding hydrogens is 248 g/mol. The third-order valence-corrected chi connectivity index (χ3v) is 3.28. The normalized spacial score (nSPS) is 10.4. The molecule has 0 amide bonds. The lowest BCUT2D eigenvalue weighted by Gasteiger charge is -2.10. The number of aromatic nitrogens is 1. The predicted molar refractivity (Wildman–Crippen MR) is 82.1 cm³/mol. The average Bonchev–Trinajstić information content (AvgIpc) is 2.53. The summed E-state index contributed by atoms with van der Waals surface area (Å²) < 4.78 is 5.28. The molecule has 0 unspecified atom stereocenters. The number of hydrogen-bond donors (Lipinski definition) is 1. The summed E-state index contributed by atoms with van der Waals surface area (Å²) in [4.78, 5) is 4.43. The molecule has 0 fully saturated rings. The molecule has 3 rings (SSSR count). The van der Waals surface area contributed by atoms with Gasteiger partial charge in [0, 0.05) is 18.1 Å². The van der Waals surface area contributed by atoms with Gasteiger partial charge in [-0.05, 0) is 29.1 Å². The molecule has 3 nitrogen and oxygen atoms in total. The fourth-order valence-corrected chi connectivity index (χ4v) is 2.20. The highest BCUT2D eigenvalue weighted by Gasteiger charge is 2.03. The van der Waals surface area contributed by atoms with Crippen molar-refractivity contribution in [2.75, 3.05) is 12.4 Å². The fourth-order valence-electron chi connectivity index (χ4n) is 2.20.